The summed E-state index contributed by atoms with van der Waals surface area (Å²) in [6.07, 6.45) is 0. The van der Waals surface area contributed by atoms with E-state index in [1.165, 1.54) is 6.07 Å². The van der Waals surface area contributed by atoms with E-state index < -0.39 is 29.2 Å². The molecular weight excluding hydrogens is 415 g/mol. The van der Waals surface area contributed by atoms with Crippen LogP contribution in [0, 0.1) is 11.3 Å². The Labute approximate surface area is 178 Å². The van der Waals surface area contributed by atoms with Gasteiger partial charge in [-0.25, -0.2) is 0 Å². The molecule has 1 aliphatic rings. The molecule has 0 heterocycles. The molecule has 0 radical (unpaired) electrons. The van der Waals surface area contributed by atoms with Crippen molar-refractivity contribution >= 4 is 40.9 Å². The maximum atomic E-state index is 13.3. The second-order valence-corrected chi connectivity index (χ2v) is 7.51. The van der Waals surface area contributed by atoms with Crippen LogP contribution < -0.4 is 0 Å². The van der Waals surface area contributed by atoms with Gasteiger partial charge in [-0.2, -0.15) is 0 Å². The zero-order valence-corrected chi connectivity index (χ0v) is 17.5. The number of Topliss-reactive ketones (excluding diaryl/α,β-unsaturated/α-hetero) is 1. The quantitative estimate of drug-likeness (QED) is 0.358. The molecule has 2 aromatic carbocycles. The van der Waals surface area contributed by atoms with Crippen molar-refractivity contribution in [1.29, 1.82) is 0 Å². The Bertz CT molecular complexity index is 923. The summed E-state index contributed by atoms with van der Waals surface area (Å²) in [7, 11) is 0. The van der Waals surface area contributed by atoms with Crippen LogP contribution in [0.15, 0.2) is 48.5 Å². The van der Waals surface area contributed by atoms with Gasteiger partial charge in [0.2, 0.25) is 0 Å². The predicted molar refractivity (Wildman–Crippen MR) is 109 cm³/mol. The maximum absolute atomic E-state index is 13.3. The van der Waals surface area contributed by atoms with Gasteiger partial charge in [0.1, 0.15) is 0 Å². The molecule has 0 aliphatic heterocycles. The SMILES string of the molecule is CCOC(=O)C1(C(=O)OCC)[C@H](C(=O)c2ccccc2)[C@H]1c1ccc(Cl)cc1Cl. The van der Waals surface area contributed by atoms with Crippen molar-refractivity contribution < 1.29 is 23.9 Å². The van der Waals surface area contributed by atoms with Crippen LogP contribution in [0.5, 0.6) is 0 Å². The van der Waals surface area contributed by atoms with E-state index in [0.29, 0.717) is 16.1 Å². The zero-order chi connectivity index (χ0) is 21.2. The molecule has 29 heavy (non-hydrogen) atoms. The van der Waals surface area contributed by atoms with Crippen molar-refractivity contribution in [3.05, 3.63) is 69.7 Å². The van der Waals surface area contributed by atoms with Gasteiger partial charge in [0.05, 0.1) is 19.1 Å². The summed E-state index contributed by atoms with van der Waals surface area (Å²) in [6.45, 7) is 3.40. The molecule has 0 bridgehead atoms. The van der Waals surface area contributed by atoms with Gasteiger partial charge in [0, 0.05) is 21.5 Å². The molecular formula is C22H20Cl2O5. The number of benzene rings is 2. The number of ether oxygens (including phenoxy) is 2. The molecule has 0 N–H and O–H groups in total. The number of rotatable bonds is 7. The molecule has 0 amide bonds. The van der Waals surface area contributed by atoms with Gasteiger partial charge >= 0.3 is 11.9 Å². The molecule has 7 heteroatoms. The Morgan fingerprint density at radius 3 is 2.03 bits per heavy atom. The summed E-state index contributed by atoms with van der Waals surface area (Å²) in [5, 5.41) is 0.673. The first-order chi connectivity index (χ1) is 13.9. The summed E-state index contributed by atoms with van der Waals surface area (Å²) in [4.78, 5) is 39.3. The van der Waals surface area contributed by atoms with Gasteiger partial charge in [-0.3, -0.25) is 14.4 Å². The Kier molecular flexibility index (Phi) is 6.30. The molecule has 0 aromatic heterocycles. The van der Waals surface area contributed by atoms with Crippen LogP contribution in [0.25, 0.3) is 0 Å². The number of ketones is 1. The lowest BCUT2D eigenvalue weighted by Crippen LogP contribution is -2.34. The first-order valence-electron chi connectivity index (χ1n) is 9.28. The molecule has 1 saturated carbocycles. The zero-order valence-electron chi connectivity index (χ0n) is 16.0. The highest BCUT2D eigenvalue weighted by Gasteiger charge is 2.79. The number of halogens is 2. The number of esters is 2. The molecule has 0 spiro atoms. The fourth-order valence-electron chi connectivity index (χ4n) is 3.80. The molecule has 152 valence electrons. The largest absolute Gasteiger partial charge is 0.465 e. The second-order valence-electron chi connectivity index (χ2n) is 6.66. The van der Waals surface area contributed by atoms with Crippen molar-refractivity contribution in [3.8, 4) is 0 Å². The third-order valence-electron chi connectivity index (χ3n) is 5.07. The van der Waals surface area contributed by atoms with Crippen molar-refractivity contribution in [1.82, 2.24) is 0 Å². The third kappa shape index (κ3) is 3.65. The fourth-order valence-corrected chi connectivity index (χ4v) is 4.32. The van der Waals surface area contributed by atoms with Gasteiger partial charge in [0.15, 0.2) is 11.2 Å². The van der Waals surface area contributed by atoms with Crippen LogP contribution in [-0.4, -0.2) is 30.9 Å². The number of carbonyl (C=O) groups excluding carboxylic acids is 3. The number of carbonyl (C=O) groups is 3. The highest BCUT2D eigenvalue weighted by Crippen LogP contribution is 2.68. The normalized spacial score (nSPS) is 19.3. The van der Waals surface area contributed by atoms with E-state index in [4.69, 9.17) is 32.7 Å². The van der Waals surface area contributed by atoms with Crippen LogP contribution >= 0.6 is 23.2 Å². The minimum absolute atomic E-state index is 0.0628. The Morgan fingerprint density at radius 1 is 0.931 bits per heavy atom. The standard InChI is InChI=1S/C22H20Cl2O5/c1-3-28-20(26)22(21(27)29-4-2)17(15-11-10-14(23)12-16(15)24)18(22)19(25)13-8-6-5-7-9-13/h5-12,17-18H,3-4H2,1-2H3/t17-,18+/m1/s1. The summed E-state index contributed by atoms with van der Waals surface area (Å²) in [5.74, 6) is -3.71. The minimum atomic E-state index is -1.78. The average Bonchev–Trinajstić information content (AvgIpc) is 3.39. The van der Waals surface area contributed by atoms with Crippen LogP contribution in [0.1, 0.15) is 35.7 Å². The lowest BCUT2D eigenvalue weighted by atomic mass is 9.97. The van der Waals surface area contributed by atoms with Crippen molar-refractivity contribution in [2.75, 3.05) is 13.2 Å². The second kappa shape index (κ2) is 8.56. The van der Waals surface area contributed by atoms with Crippen LogP contribution in [0.2, 0.25) is 10.0 Å². The molecule has 5 nitrogen and oxygen atoms in total. The van der Waals surface area contributed by atoms with E-state index >= 15 is 0 Å². The van der Waals surface area contributed by atoms with E-state index in [1.807, 2.05) is 0 Å². The topological polar surface area (TPSA) is 69.7 Å². The first-order valence-corrected chi connectivity index (χ1v) is 10.0. The van der Waals surface area contributed by atoms with Crippen LogP contribution in [0.4, 0.5) is 0 Å². The van der Waals surface area contributed by atoms with Gasteiger partial charge < -0.3 is 9.47 Å². The highest BCUT2D eigenvalue weighted by molar-refractivity contribution is 6.35. The van der Waals surface area contributed by atoms with E-state index in [9.17, 15) is 14.4 Å². The van der Waals surface area contributed by atoms with Gasteiger partial charge in [-0.05, 0) is 31.5 Å². The Hall–Kier alpha value is -2.37. The van der Waals surface area contributed by atoms with E-state index in [2.05, 4.69) is 0 Å². The Morgan fingerprint density at radius 2 is 1.52 bits per heavy atom. The van der Waals surface area contributed by atoms with E-state index in [-0.39, 0.29) is 24.0 Å². The number of hydrogen-bond donors (Lipinski definition) is 0. The van der Waals surface area contributed by atoms with E-state index in [1.54, 1.807) is 56.3 Å². The van der Waals surface area contributed by atoms with Crippen molar-refractivity contribution in [2.24, 2.45) is 11.3 Å². The predicted octanol–water partition coefficient (Wildman–Crippen LogP) is 4.70. The Balaban J connectivity index is 2.16. The summed E-state index contributed by atoms with van der Waals surface area (Å²) in [5.41, 5.74) is -0.911. The molecule has 0 saturated heterocycles. The summed E-state index contributed by atoms with van der Waals surface area (Å²) < 4.78 is 10.4. The highest BCUT2D eigenvalue weighted by atomic mass is 35.5. The van der Waals surface area contributed by atoms with Gasteiger partial charge in [-0.15, -0.1) is 0 Å². The molecule has 1 aliphatic carbocycles. The van der Waals surface area contributed by atoms with Gasteiger partial charge in [-0.1, -0.05) is 59.6 Å². The molecule has 2 atom stereocenters. The third-order valence-corrected chi connectivity index (χ3v) is 5.63. The van der Waals surface area contributed by atoms with Crippen molar-refractivity contribution in [2.45, 2.75) is 19.8 Å². The summed E-state index contributed by atoms with van der Waals surface area (Å²) in [6, 6.07) is 13.2. The van der Waals surface area contributed by atoms with Crippen molar-refractivity contribution in [3.63, 3.8) is 0 Å². The smallest absolute Gasteiger partial charge is 0.324 e. The molecule has 0 unspecified atom stereocenters. The van der Waals surface area contributed by atoms with Crippen LogP contribution in [-0.2, 0) is 19.1 Å². The first kappa shape index (κ1) is 21.3. The minimum Gasteiger partial charge on any atom is -0.465 e. The maximum Gasteiger partial charge on any atom is 0.324 e. The van der Waals surface area contributed by atoms with E-state index in [0.717, 1.165) is 0 Å². The van der Waals surface area contributed by atoms with Crippen LogP contribution in [0.3, 0.4) is 0 Å². The molecule has 1 fully saturated rings. The monoisotopic (exact) mass is 434 g/mol. The fraction of sp³-hybridized carbons (Fsp3) is 0.318. The average molecular weight is 435 g/mol. The number of hydrogen-bond acceptors (Lipinski definition) is 5. The molecule has 2 aromatic rings. The van der Waals surface area contributed by atoms with Gasteiger partial charge in [0.25, 0.3) is 0 Å². The lowest BCUT2D eigenvalue weighted by Gasteiger charge is -2.16. The summed E-state index contributed by atoms with van der Waals surface area (Å²) >= 11 is 12.4. The lowest BCUT2D eigenvalue weighted by molar-refractivity contribution is -0.165. The molecule has 3 rings (SSSR count).